The van der Waals surface area contributed by atoms with E-state index in [2.05, 4.69) is 4.98 Å². The molecule has 0 radical (unpaired) electrons. The van der Waals surface area contributed by atoms with Crippen LogP contribution in [0.1, 0.15) is 19.5 Å². The zero-order valence-electron chi connectivity index (χ0n) is 9.41. The molecule has 0 saturated carbocycles. The Hall–Kier alpha value is -1.59. The fraction of sp³-hybridized carbons (Fsp3) is 0.455. The molecule has 0 spiro atoms. The predicted molar refractivity (Wildman–Crippen MR) is 54.6 cm³/mol. The lowest BCUT2D eigenvalue weighted by molar-refractivity contribution is -0.141. The molecule has 0 amide bonds. The van der Waals surface area contributed by atoms with Gasteiger partial charge in [-0.15, -0.1) is 0 Å². The third-order valence-corrected chi connectivity index (χ3v) is 2.02. The highest BCUT2D eigenvalue weighted by Gasteiger charge is 2.32. The topological polar surface area (TPSA) is 39.2 Å². The van der Waals surface area contributed by atoms with Gasteiger partial charge in [-0.1, -0.05) is 19.9 Å². The summed E-state index contributed by atoms with van der Waals surface area (Å²) in [5.74, 6) is -0.612. The summed E-state index contributed by atoms with van der Waals surface area (Å²) < 4.78 is 41.8. The van der Waals surface area contributed by atoms with Crippen LogP contribution in [0, 0.1) is 5.92 Å². The van der Waals surface area contributed by atoms with E-state index in [0.29, 0.717) is 0 Å². The van der Waals surface area contributed by atoms with E-state index in [-0.39, 0.29) is 24.2 Å². The monoisotopic (exact) mass is 247 g/mol. The van der Waals surface area contributed by atoms with Crippen LogP contribution in [0.4, 0.5) is 13.2 Å². The summed E-state index contributed by atoms with van der Waals surface area (Å²) in [5.41, 5.74) is -1.04. The van der Waals surface area contributed by atoms with E-state index in [1.807, 2.05) is 0 Å². The van der Waals surface area contributed by atoms with E-state index in [1.54, 1.807) is 13.8 Å². The maximum Gasteiger partial charge on any atom is 0.433 e. The van der Waals surface area contributed by atoms with E-state index >= 15 is 0 Å². The van der Waals surface area contributed by atoms with Crippen molar-refractivity contribution in [3.05, 3.63) is 23.9 Å². The number of hydrogen-bond donors (Lipinski definition) is 0. The van der Waals surface area contributed by atoms with Crippen LogP contribution in [0.3, 0.4) is 0 Å². The SMILES string of the molecule is CC(C)C(=O)COc1cccc(C(F)(F)F)n1. The summed E-state index contributed by atoms with van der Waals surface area (Å²) in [6.07, 6.45) is -4.51. The van der Waals surface area contributed by atoms with Gasteiger partial charge >= 0.3 is 6.18 Å². The van der Waals surface area contributed by atoms with E-state index in [9.17, 15) is 18.0 Å². The van der Waals surface area contributed by atoms with Crippen molar-refractivity contribution < 1.29 is 22.7 Å². The van der Waals surface area contributed by atoms with Gasteiger partial charge in [0.05, 0.1) is 0 Å². The number of carbonyl (C=O) groups is 1. The number of halogens is 3. The molecule has 0 saturated heterocycles. The molecule has 17 heavy (non-hydrogen) atoms. The van der Waals surface area contributed by atoms with Crippen LogP contribution < -0.4 is 4.74 Å². The Balaban J connectivity index is 2.70. The maximum atomic E-state index is 12.3. The molecular weight excluding hydrogens is 235 g/mol. The normalized spacial score (nSPS) is 11.6. The molecule has 0 N–H and O–H groups in total. The molecule has 0 atom stereocenters. The molecule has 0 unspecified atom stereocenters. The molecule has 1 rings (SSSR count). The number of rotatable bonds is 4. The van der Waals surface area contributed by atoms with Gasteiger partial charge in [0.2, 0.25) is 5.88 Å². The quantitative estimate of drug-likeness (QED) is 0.821. The average Bonchev–Trinajstić information content (AvgIpc) is 2.25. The van der Waals surface area contributed by atoms with E-state index in [0.717, 1.165) is 6.07 Å². The Morgan fingerprint density at radius 2 is 2.06 bits per heavy atom. The minimum atomic E-state index is -4.51. The first kappa shape index (κ1) is 13.5. The zero-order valence-corrected chi connectivity index (χ0v) is 9.41. The summed E-state index contributed by atoms with van der Waals surface area (Å²) in [6, 6.07) is 3.31. The van der Waals surface area contributed by atoms with Crippen molar-refractivity contribution >= 4 is 5.78 Å². The van der Waals surface area contributed by atoms with Crippen molar-refractivity contribution in [3.63, 3.8) is 0 Å². The second kappa shape index (κ2) is 5.16. The first-order chi connectivity index (χ1) is 7.80. The highest BCUT2D eigenvalue weighted by Crippen LogP contribution is 2.28. The van der Waals surface area contributed by atoms with Crippen LogP contribution in [-0.2, 0) is 11.0 Å². The van der Waals surface area contributed by atoms with Gasteiger partial charge in [0, 0.05) is 12.0 Å². The molecule has 0 aliphatic heterocycles. The number of aromatic nitrogens is 1. The summed E-state index contributed by atoms with van der Waals surface area (Å²) in [7, 11) is 0. The minimum absolute atomic E-state index is 0.191. The molecule has 0 aromatic carbocycles. The van der Waals surface area contributed by atoms with Crippen LogP contribution in [0.2, 0.25) is 0 Å². The van der Waals surface area contributed by atoms with Crippen molar-refractivity contribution in [2.24, 2.45) is 5.92 Å². The number of ketones is 1. The van der Waals surface area contributed by atoms with Gasteiger partial charge in [-0.3, -0.25) is 4.79 Å². The molecule has 0 aliphatic rings. The number of ether oxygens (including phenoxy) is 1. The Bertz CT molecular complexity index is 402. The van der Waals surface area contributed by atoms with Crippen molar-refractivity contribution in [2.75, 3.05) is 6.61 Å². The van der Waals surface area contributed by atoms with Crippen molar-refractivity contribution in [1.82, 2.24) is 4.98 Å². The molecule has 3 nitrogen and oxygen atoms in total. The van der Waals surface area contributed by atoms with Crippen LogP contribution in [-0.4, -0.2) is 17.4 Å². The molecule has 1 heterocycles. The number of Topliss-reactive ketones (excluding diaryl/α,β-unsaturated/α-hetero) is 1. The van der Waals surface area contributed by atoms with Crippen molar-refractivity contribution in [3.8, 4) is 5.88 Å². The summed E-state index contributed by atoms with van der Waals surface area (Å²) in [5, 5.41) is 0. The third kappa shape index (κ3) is 4.05. The van der Waals surface area contributed by atoms with Gasteiger partial charge in [-0.2, -0.15) is 13.2 Å². The molecular formula is C11H12F3NO2. The largest absolute Gasteiger partial charge is 0.470 e. The number of nitrogens with zero attached hydrogens (tertiary/aromatic N) is 1. The van der Waals surface area contributed by atoms with E-state index in [4.69, 9.17) is 4.74 Å². The van der Waals surface area contributed by atoms with Gasteiger partial charge in [0.1, 0.15) is 12.3 Å². The van der Waals surface area contributed by atoms with Crippen molar-refractivity contribution in [1.29, 1.82) is 0 Å². The molecule has 0 bridgehead atoms. The second-order valence-corrected chi connectivity index (χ2v) is 3.77. The van der Waals surface area contributed by atoms with E-state index < -0.39 is 11.9 Å². The molecule has 6 heteroatoms. The highest BCUT2D eigenvalue weighted by atomic mass is 19.4. The summed E-state index contributed by atoms with van der Waals surface area (Å²) in [4.78, 5) is 14.5. The van der Waals surface area contributed by atoms with Gasteiger partial charge in [0.15, 0.2) is 5.78 Å². The smallest absolute Gasteiger partial charge is 0.433 e. The number of hydrogen-bond acceptors (Lipinski definition) is 3. The Labute approximate surface area is 96.6 Å². The average molecular weight is 247 g/mol. The number of alkyl halides is 3. The standard InChI is InChI=1S/C11H12F3NO2/c1-7(2)8(16)6-17-10-5-3-4-9(15-10)11(12,13)14/h3-5,7H,6H2,1-2H3. The molecule has 1 aromatic heterocycles. The number of pyridine rings is 1. The molecule has 0 aliphatic carbocycles. The number of carbonyl (C=O) groups excluding carboxylic acids is 1. The van der Waals surface area contributed by atoms with Crippen molar-refractivity contribution in [2.45, 2.75) is 20.0 Å². The fourth-order valence-corrected chi connectivity index (χ4v) is 0.965. The Morgan fingerprint density at radius 1 is 1.41 bits per heavy atom. The lowest BCUT2D eigenvalue weighted by atomic mass is 10.1. The third-order valence-electron chi connectivity index (χ3n) is 2.02. The fourth-order valence-electron chi connectivity index (χ4n) is 0.965. The van der Waals surface area contributed by atoms with Crippen LogP contribution in [0.25, 0.3) is 0 Å². The van der Waals surface area contributed by atoms with Gasteiger partial charge in [-0.05, 0) is 6.07 Å². The lowest BCUT2D eigenvalue weighted by Gasteiger charge is -2.09. The van der Waals surface area contributed by atoms with Gasteiger partial charge < -0.3 is 4.74 Å². The van der Waals surface area contributed by atoms with Crippen LogP contribution >= 0.6 is 0 Å². The minimum Gasteiger partial charge on any atom is -0.470 e. The lowest BCUT2D eigenvalue weighted by Crippen LogP contribution is -2.18. The van der Waals surface area contributed by atoms with Gasteiger partial charge in [-0.25, -0.2) is 4.98 Å². The first-order valence-electron chi connectivity index (χ1n) is 5.00. The highest BCUT2D eigenvalue weighted by molar-refractivity contribution is 5.81. The Morgan fingerprint density at radius 3 is 2.59 bits per heavy atom. The molecule has 94 valence electrons. The molecule has 1 aromatic rings. The summed E-state index contributed by atoms with van der Waals surface area (Å²) >= 11 is 0. The van der Waals surface area contributed by atoms with Crippen LogP contribution in [0.15, 0.2) is 18.2 Å². The first-order valence-corrected chi connectivity index (χ1v) is 5.00. The maximum absolute atomic E-state index is 12.3. The molecule has 0 fully saturated rings. The van der Waals surface area contributed by atoms with Gasteiger partial charge in [0.25, 0.3) is 0 Å². The zero-order chi connectivity index (χ0) is 13.1. The van der Waals surface area contributed by atoms with Crippen LogP contribution in [0.5, 0.6) is 5.88 Å². The summed E-state index contributed by atoms with van der Waals surface area (Å²) in [6.45, 7) is 3.10. The Kier molecular flexibility index (Phi) is 4.09. The second-order valence-electron chi connectivity index (χ2n) is 3.77. The predicted octanol–water partition coefficient (Wildman–Crippen LogP) is 2.70. The van der Waals surface area contributed by atoms with E-state index in [1.165, 1.54) is 12.1 Å².